The monoisotopic (exact) mass is 524 g/mol. The molecular weight excluding hydrogens is 476 g/mol. The average Bonchev–Trinajstić information content (AvgIpc) is 3.18. The van der Waals surface area contributed by atoms with Crippen LogP contribution in [0.25, 0.3) is 0 Å². The van der Waals surface area contributed by atoms with Gasteiger partial charge in [-0.1, -0.05) is 41.2 Å². The smallest absolute Gasteiger partial charge is 0.306 e. The molecule has 0 spiro atoms. The number of aliphatic hydroxyl groups is 1. The first-order valence-electron chi connectivity index (χ1n) is 14.1. The zero-order valence-electron chi connectivity index (χ0n) is 23.7. The highest BCUT2D eigenvalue weighted by Gasteiger charge is 2.68. The first-order valence-corrected chi connectivity index (χ1v) is 14.1. The molecule has 2 N–H and O–H groups in total. The molecule has 2 aliphatic heterocycles. The molecule has 0 amide bonds. The Kier molecular flexibility index (Phi) is 9.53. The summed E-state index contributed by atoms with van der Waals surface area (Å²) in [4.78, 5) is 30.2. The largest absolute Gasteiger partial charge is 0.459 e. The van der Waals surface area contributed by atoms with Crippen LogP contribution >= 0.6 is 0 Å². The number of carbonyl (C=O) groups is 2. The summed E-state index contributed by atoms with van der Waals surface area (Å²) in [5.41, 5.74) is -1.73. The molecule has 1 saturated carbocycles. The van der Waals surface area contributed by atoms with E-state index in [9.17, 15) is 20.0 Å². The lowest BCUT2D eigenvalue weighted by Crippen LogP contribution is -2.65. The lowest BCUT2D eigenvalue weighted by atomic mass is 9.53. The highest BCUT2D eigenvalue weighted by atomic mass is 17.1. The molecule has 8 heteroatoms. The molecule has 0 aromatic heterocycles. The molecule has 2 bridgehead atoms. The van der Waals surface area contributed by atoms with E-state index >= 15 is 0 Å². The standard InChI is InChI=1S/C29H48O8/c1-9-11-21(30)35-26-18(6)23(16(3)4)24-25(29(26,8)32)20-15-17(5)19(37-33)13-14-28(7,27(24)34-20)36-22(31)12-10-2/h16,18-20,23-27,32-33H,5,9-15H2,1-4,6-8H3/t18-,19-,20+,23-,24+,25+,26+,27+,28+,29-/m0/s1. The first-order chi connectivity index (χ1) is 17.3. The van der Waals surface area contributed by atoms with Crippen LogP contribution < -0.4 is 0 Å². The molecular formula is C29H48O8. The minimum atomic E-state index is -1.39. The van der Waals surface area contributed by atoms with Gasteiger partial charge >= 0.3 is 11.9 Å². The van der Waals surface area contributed by atoms with E-state index in [1.165, 1.54) is 0 Å². The Morgan fingerprint density at radius 3 is 2.35 bits per heavy atom. The van der Waals surface area contributed by atoms with Crippen LogP contribution in [0.2, 0.25) is 0 Å². The fourth-order valence-electron chi connectivity index (χ4n) is 7.60. The predicted molar refractivity (Wildman–Crippen MR) is 138 cm³/mol. The third kappa shape index (κ3) is 5.77. The molecule has 8 nitrogen and oxygen atoms in total. The Morgan fingerprint density at radius 2 is 1.78 bits per heavy atom. The second-order valence-corrected chi connectivity index (χ2v) is 12.3. The van der Waals surface area contributed by atoms with Crippen molar-refractivity contribution < 1.29 is 39.1 Å². The fraction of sp³-hybridized carbons (Fsp3) is 0.862. The molecule has 37 heavy (non-hydrogen) atoms. The van der Waals surface area contributed by atoms with Crippen LogP contribution in [0.4, 0.5) is 0 Å². The van der Waals surface area contributed by atoms with E-state index in [0.29, 0.717) is 50.5 Å². The van der Waals surface area contributed by atoms with Crippen molar-refractivity contribution in [2.24, 2.45) is 29.6 Å². The van der Waals surface area contributed by atoms with Gasteiger partial charge in [0.15, 0.2) is 0 Å². The number of rotatable bonds is 8. The van der Waals surface area contributed by atoms with Crippen molar-refractivity contribution in [2.75, 3.05) is 0 Å². The van der Waals surface area contributed by atoms with Crippen molar-refractivity contribution in [1.82, 2.24) is 0 Å². The Morgan fingerprint density at radius 1 is 1.16 bits per heavy atom. The minimum Gasteiger partial charge on any atom is -0.459 e. The summed E-state index contributed by atoms with van der Waals surface area (Å²) in [6.07, 6.45) is 0.807. The lowest BCUT2D eigenvalue weighted by Gasteiger charge is -2.55. The third-order valence-electron chi connectivity index (χ3n) is 9.10. The number of fused-ring (bicyclic) bond motifs is 5. The maximum absolute atomic E-state index is 12.8. The average molecular weight is 525 g/mol. The van der Waals surface area contributed by atoms with Crippen molar-refractivity contribution in [3.05, 3.63) is 12.2 Å². The summed E-state index contributed by atoms with van der Waals surface area (Å²) in [6.45, 7) is 18.0. The molecule has 2 heterocycles. The van der Waals surface area contributed by atoms with Gasteiger partial charge in [-0.15, -0.1) is 0 Å². The summed E-state index contributed by atoms with van der Waals surface area (Å²) >= 11 is 0. The summed E-state index contributed by atoms with van der Waals surface area (Å²) in [6, 6.07) is 0. The highest BCUT2D eigenvalue weighted by molar-refractivity contribution is 5.70. The van der Waals surface area contributed by atoms with Crippen LogP contribution in [0, 0.1) is 29.6 Å². The summed E-state index contributed by atoms with van der Waals surface area (Å²) in [5.74, 6) is -1.06. The van der Waals surface area contributed by atoms with Crippen molar-refractivity contribution in [2.45, 2.75) is 129 Å². The van der Waals surface area contributed by atoms with Gasteiger partial charge in [-0.25, -0.2) is 4.89 Å². The predicted octanol–water partition coefficient (Wildman–Crippen LogP) is 5.07. The maximum atomic E-state index is 12.8. The molecule has 0 aromatic carbocycles. The van der Waals surface area contributed by atoms with Gasteiger partial charge < -0.3 is 19.3 Å². The molecule has 0 unspecified atom stereocenters. The van der Waals surface area contributed by atoms with Gasteiger partial charge in [0.25, 0.3) is 0 Å². The number of hydrogen-bond donors (Lipinski definition) is 2. The Hall–Kier alpha value is -1.48. The fourth-order valence-corrected chi connectivity index (χ4v) is 7.60. The number of hydrogen-bond acceptors (Lipinski definition) is 8. The quantitative estimate of drug-likeness (QED) is 0.196. The molecule has 2 saturated heterocycles. The van der Waals surface area contributed by atoms with E-state index in [1.807, 2.05) is 27.7 Å². The van der Waals surface area contributed by atoms with Gasteiger partial charge in [0, 0.05) is 24.7 Å². The number of carbonyl (C=O) groups excluding carboxylic acids is 2. The SMILES string of the molecule is C=C1C[C@H]2O[C@H]([C@@H]3[C@@H](C(C)C)[C@H](C)[C@@H](OC(=O)CCC)[C@@](C)(O)[C@@H]32)[C@](C)(OC(=O)CCC)CC[C@@H]1OO. The number of ether oxygens (including phenoxy) is 3. The molecule has 3 fully saturated rings. The van der Waals surface area contributed by atoms with Gasteiger partial charge in [0.2, 0.25) is 0 Å². The van der Waals surface area contributed by atoms with E-state index in [4.69, 9.17) is 19.1 Å². The lowest BCUT2D eigenvalue weighted by molar-refractivity contribution is -0.272. The molecule has 10 atom stereocenters. The molecule has 3 rings (SSSR count). The van der Waals surface area contributed by atoms with Crippen LogP contribution in [0.1, 0.15) is 93.4 Å². The molecule has 1 aliphatic carbocycles. The van der Waals surface area contributed by atoms with E-state index in [-0.39, 0.29) is 35.6 Å². The summed E-state index contributed by atoms with van der Waals surface area (Å²) in [5, 5.41) is 21.8. The summed E-state index contributed by atoms with van der Waals surface area (Å²) < 4.78 is 18.9. The van der Waals surface area contributed by atoms with Crippen molar-refractivity contribution in [3.8, 4) is 0 Å². The van der Waals surface area contributed by atoms with Gasteiger partial charge in [-0.3, -0.25) is 14.8 Å². The van der Waals surface area contributed by atoms with Crippen LogP contribution in [-0.4, -0.2) is 57.9 Å². The van der Waals surface area contributed by atoms with Crippen molar-refractivity contribution in [3.63, 3.8) is 0 Å². The molecule has 0 radical (unpaired) electrons. The van der Waals surface area contributed by atoms with Crippen LogP contribution in [0.3, 0.4) is 0 Å². The number of esters is 2. The van der Waals surface area contributed by atoms with Gasteiger partial charge in [-0.05, 0) is 69.3 Å². The van der Waals surface area contributed by atoms with Crippen LogP contribution in [-0.2, 0) is 28.7 Å². The Balaban J connectivity index is 2.13. The van der Waals surface area contributed by atoms with Crippen molar-refractivity contribution >= 4 is 11.9 Å². The van der Waals surface area contributed by atoms with E-state index in [2.05, 4.69) is 20.4 Å². The molecule has 0 aromatic rings. The minimum absolute atomic E-state index is 0.0430. The van der Waals surface area contributed by atoms with Gasteiger partial charge in [0.1, 0.15) is 29.5 Å². The zero-order chi connectivity index (χ0) is 27.7. The topological polar surface area (TPSA) is 112 Å². The Labute approximate surface area is 222 Å². The van der Waals surface area contributed by atoms with E-state index in [1.54, 1.807) is 6.92 Å². The maximum Gasteiger partial charge on any atom is 0.306 e. The zero-order valence-corrected chi connectivity index (χ0v) is 23.7. The second-order valence-electron chi connectivity index (χ2n) is 12.3. The summed E-state index contributed by atoms with van der Waals surface area (Å²) in [7, 11) is 0. The van der Waals surface area contributed by atoms with Gasteiger partial charge in [0.05, 0.1) is 6.10 Å². The van der Waals surface area contributed by atoms with Crippen molar-refractivity contribution in [1.29, 1.82) is 0 Å². The van der Waals surface area contributed by atoms with E-state index < -0.39 is 41.5 Å². The van der Waals surface area contributed by atoms with Crippen LogP contribution in [0.15, 0.2) is 12.2 Å². The Bertz CT molecular complexity index is 838. The molecule has 3 aliphatic rings. The van der Waals surface area contributed by atoms with E-state index in [0.717, 1.165) is 0 Å². The van der Waals surface area contributed by atoms with Crippen LogP contribution in [0.5, 0.6) is 0 Å². The normalized spacial score (nSPS) is 41.9. The second kappa shape index (κ2) is 11.7. The first kappa shape index (κ1) is 30.1. The third-order valence-corrected chi connectivity index (χ3v) is 9.10. The van der Waals surface area contributed by atoms with Gasteiger partial charge in [-0.2, -0.15) is 0 Å². The highest BCUT2D eigenvalue weighted by Crippen LogP contribution is 2.59. The molecule has 212 valence electrons.